The van der Waals surface area contributed by atoms with Gasteiger partial charge in [0.2, 0.25) is 5.91 Å². The van der Waals surface area contributed by atoms with Crippen LogP contribution in [0.2, 0.25) is 0 Å². The molecule has 0 N–H and O–H groups in total. The molecule has 3 atom stereocenters. The van der Waals surface area contributed by atoms with Crippen LogP contribution < -0.4 is 0 Å². The molecule has 0 aromatic heterocycles. The molecule has 1 aliphatic carbocycles. The molecule has 1 saturated heterocycles. The second kappa shape index (κ2) is 3.49. The van der Waals surface area contributed by atoms with Gasteiger partial charge in [-0.2, -0.15) is 6.42 Å². The average molecular weight is 336 g/mol. The van der Waals surface area contributed by atoms with Gasteiger partial charge < -0.3 is 11.3 Å². The zero-order valence-corrected chi connectivity index (χ0v) is 10.4. The van der Waals surface area contributed by atoms with Crippen molar-refractivity contribution in [2.45, 2.75) is 25.8 Å². The summed E-state index contributed by atoms with van der Waals surface area (Å²) < 4.78 is 0. The fourth-order valence-corrected chi connectivity index (χ4v) is 2.21. The van der Waals surface area contributed by atoms with E-state index in [-0.39, 0.29) is 21.1 Å². The van der Waals surface area contributed by atoms with Crippen molar-refractivity contribution < 1.29 is 25.9 Å². The van der Waals surface area contributed by atoms with Gasteiger partial charge in [0.15, 0.2) is 0 Å². The molecule has 2 fully saturated rings. The van der Waals surface area contributed by atoms with Crippen molar-refractivity contribution >= 4 is 5.91 Å². The van der Waals surface area contributed by atoms with E-state index < -0.39 is 0 Å². The molecular formula is C9H14NOW-. The van der Waals surface area contributed by atoms with Crippen molar-refractivity contribution in [2.24, 2.45) is 11.8 Å². The molecular weight excluding hydrogens is 322 g/mol. The first-order chi connectivity index (χ1) is 5.20. The third-order valence-corrected chi connectivity index (χ3v) is 3.12. The van der Waals surface area contributed by atoms with Crippen LogP contribution in [0.4, 0.5) is 0 Å². The number of likely N-dealkylation sites (tertiary alicyclic amines) is 1. The Kier molecular flexibility index (Phi) is 2.98. The Morgan fingerprint density at radius 2 is 2.25 bits per heavy atom. The molecule has 1 amide bonds. The Morgan fingerprint density at radius 1 is 1.58 bits per heavy atom. The maximum Gasteiger partial charge on any atom is 0.223 e. The molecule has 12 heavy (non-hydrogen) atoms. The maximum atomic E-state index is 11.5. The van der Waals surface area contributed by atoms with Gasteiger partial charge in [-0.05, 0) is 6.42 Å². The molecule has 68 valence electrons. The quantitative estimate of drug-likeness (QED) is 0.606. The monoisotopic (exact) mass is 336 g/mol. The molecule has 1 heterocycles. The van der Waals surface area contributed by atoms with Crippen LogP contribution in [0, 0.1) is 18.3 Å². The molecule has 1 aliphatic heterocycles. The Hall–Kier alpha value is 0.158. The van der Waals surface area contributed by atoms with Crippen molar-refractivity contribution in [2.75, 3.05) is 7.05 Å². The fraction of sp³-hybridized carbons (Fsp3) is 0.778. The number of hydrogen-bond acceptors (Lipinski definition) is 1. The van der Waals surface area contributed by atoms with E-state index in [0.29, 0.717) is 23.8 Å². The van der Waals surface area contributed by atoms with Gasteiger partial charge in [-0.1, -0.05) is 18.9 Å². The van der Waals surface area contributed by atoms with Gasteiger partial charge in [0.1, 0.15) is 0 Å². The Labute approximate surface area is 88.0 Å². The molecule has 0 spiro atoms. The molecule has 0 radical (unpaired) electrons. The van der Waals surface area contributed by atoms with E-state index in [1.807, 2.05) is 11.9 Å². The third kappa shape index (κ3) is 1.35. The van der Waals surface area contributed by atoms with Gasteiger partial charge in [-0.3, -0.25) is 4.79 Å². The summed E-state index contributed by atoms with van der Waals surface area (Å²) in [6.45, 7) is 2.18. The molecule has 0 aromatic rings. The number of nitrogens with zero attached hydrogens (tertiary/aromatic N) is 1. The summed E-state index contributed by atoms with van der Waals surface area (Å²) in [4.78, 5) is 13.4. The average Bonchev–Trinajstić information content (AvgIpc) is 2.24. The predicted octanol–water partition coefficient (Wildman–Crippen LogP) is 1.07. The summed E-state index contributed by atoms with van der Waals surface area (Å²) >= 11 is 0. The Bertz CT molecular complexity index is 195. The number of carbonyl (C=O) groups is 1. The topological polar surface area (TPSA) is 20.3 Å². The van der Waals surface area contributed by atoms with Crippen LogP contribution in [0.3, 0.4) is 0 Å². The SMILES string of the molecule is C[C@H]1C[CH-][C@@H]2C[C@H]1C(=O)N2C.[W]. The maximum absolute atomic E-state index is 11.5. The van der Waals surface area contributed by atoms with Crippen LogP contribution in [0.15, 0.2) is 0 Å². The van der Waals surface area contributed by atoms with Gasteiger partial charge in [0.25, 0.3) is 0 Å². The van der Waals surface area contributed by atoms with E-state index in [1.165, 1.54) is 0 Å². The van der Waals surface area contributed by atoms with Crippen molar-refractivity contribution in [1.82, 2.24) is 4.90 Å². The van der Waals surface area contributed by atoms with E-state index in [2.05, 4.69) is 13.3 Å². The van der Waals surface area contributed by atoms with Gasteiger partial charge in [0, 0.05) is 34.0 Å². The first-order valence-electron chi connectivity index (χ1n) is 4.30. The van der Waals surface area contributed by atoms with Crippen molar-refractivity contribution in [3.63, 3.8) is 0 Å². The van der Waals surface area contributed by atoms with Crippen LogP contribution in [-0.4, -0.2) is 23.9 Å². The molecule has 3 heteroatoms. The summed E-state index contributed by atoms with van der Waals surface area (Å²) in [5.74, 6) is 1.26. The first-order valence-corrected chi connectivity index (χ1v) is 4.30. The molecule has 2 bridgehead atoms. The van der Waals surface area contributed by atoms with E-state index >= 15 is 0 Å². The van der Waals surface area contributed by atoms with Gasteiger partial charge in [-0.15, -0.1) is 0 Å². The number of hydrogen-bond donors (Lipinski definition) is 0. The van der Waals surface area contributed by atoms with Crippen LogP contribution in [0.5, 0.6) is 0 Å². The normalized spacial score (nSPS) is 39.7. The summed E-state index contributed by atoms with van der Waals surface area (Å²) in [7, 11) is 1.92. The summed E-state index contributed by atoms with van der Waals surface area (Å²) in [5.41, 5.74) is 0. The Morgan fingerprint density at radius 3 is 2.83 bits per heavy atom. The molecule has 2 aliphatic rings. The summed E-state index contributed by atoms with van der Waals surface area (Å²) in [6.07, 6.45) is 4.47. The van der Waals surface area contributed by atoms with Crippen LogP contribution in [-0.2, 0) is 25.9 Å². The van der Waals surface area contributed by atoms with E-state index in [1.54, 1.807) is 0 Å². The zero-order chi connectivity index (χ0) is 8.01. The van der Waals surface area contributed by atoms with Gasteiger partial charge in [-0.25, -0.2) is 0 Å². The zero-order valence-electron chi connectivity index (χ0n) is 7.49. The minimum atomic E-state index is 0. The van der Waals surface area contributed by atoms with Crippen LogP contribution in [0.25, 0.3) is 0 Å². The predicted molar refractivity (Wildman–Crippen MR) is 42.7 cm³/mol. The third-order valence-electron chi connectivity index (χ3n) is 3.12. The first kappa shape index (κ1) is 10.2. The minimum absolute atomic E-state index is 0. The standard InChI is InChI=1S/C9H14NO.W/c1-6-3-4-7-5-8(6)9(11)10(7)2;/h4,6-8H,3,5H2,1-2H3;/q-1;/t6-,7+,8+;/m0./s1. The summed E-state index contributed by atoms with van der Waals surface area (Å²) in [6, 6.07) is 0.448. The van der Waals surface area contributed by atoms with Crippen molar-refractivity contribution in [3.8, 4) is 0 Å². The minimum Gasteiger partial charge on any atom is -0.372 e. The number of fused-ring (bicyclic) bond motifs is 2. The van der Waals surface area contributed by atoms with E-state index in [4.69, 9.17) is 0 Å². The molecule has 2 nitrogen and oxygen atoms in total. The largest absolute Gasteiger partial charge is 0.372 e. The second-order valence-electron chi connectivity index (χ2n) is 3.81. The number of amides is 1. The molecule has 1 saturated carbocycles. The molecule has 2 rings (SSSR count). The fourth-order valence-electron chi connectivity index (χ4n) is 2.21. The van der Waals surface area contributed by atoms with Crippen LogP contribution in [0.1, 0.15) is 19.8 Å². The van der Waals surface area contributed by atoms with E-state index in [0.717, 1.165) is 12.8 Å². The van der Waals surface area contributed by atoms with Crippen molar-refractivity contribution in [1.29, 1.82) is 0 Å². The Balaban J connectivity index is 0.000000720. The second-order valence-corrected chi connectivity index (χ2v) is 3.81. The van der Waals surface area contributed by atoms with E-state index in [9.17, 15) is 4.79 Å². The summed E-state index contributed by atoms with van der Waals surface area (Å²) in [5, 5.41) is 0. The number of rotatable bonds is 0. The van der Waals surface area contributed by atoms with Crippen molar-refractivity contribution in [3.05, 3.63) is 6.42 Å². The molecule has 0 unspecified atom stereocenters. The molecule has 0 aromatic carbocycles. The van der Waals surface area contributed by atoms with Gasteiger partial charge in [0.05, 0.1) is 0 Å². The number of carbonyl (C=O) groups excluding carboxylic acids is 1. The smallest absolute Gasteiger partial charge is 0.223 e. The van der Waals surface area contributed by atoms with Gasteiger partial charge >= 0.3 is 0 Å². The van der Waals surface area contributed by atoms with Crippen LogP contribution >= 0.6 is 0 Å².